The van der Waals surface area contributed by atoms with Crippen molar-refractivity contribution < 1.29 is 15.3 Å². The van der Waals surface area contributed by atoms with Gasteiger partial charge in [0.05, 0.1) is 17.8 Å². The quantitative estimate of drug-likeness (QED) is 0.514. The third-order valence-electron chi connectivity index (χ3n) is 8.56. The van der Waals surface area contributed by atoms with Crippen LogP contribution in [0.2, 0.25) is 0 Å². The van der Waals surface area contributed by atoms with E-state index in [0.29, 0.717) is 42.4 Å². The molecule has 3 aliphatic rings. The second kappa shape index (κ2) is 9.30. The SMILES string of the molecule is C[C@H](/C=C/[C@H](C)C(C)(C)O)[C@H]1CC[C@H]2/C(=C/C=C3CC(O)C[C@H](O)C3)CCC[C@]12C. The monoisotopic (exact) mass is 416 g/mol. The maximum Gasteiger partial charge on any atom is 0.0651 e. The number of aliphatic hydroxyl groups is 3. The highest BCUT2D eigenvalue weighted by atomic mass is 16.3. The molecule has 0 spiro atoms. The summed E-state index contributed by atoms with van der Waals surface area (Å²) in [6.45, 7) is 10.7. The number of rotatable bonds is 5. The smallest absolute Gasteiger partial charge is 0.0651 e. The van der Waals surface area contributed by atoms with Crippen LogP contribution in [0.3, 0.4) is 0 Å². The van der Waals surface area contributed by atoms with Crippen LogP contribution >= 0.6 is 0 Å². The molecular weight excluding hydrogens is 372 g/mol. The van der Waals surface area contributed by atoms with Crippen molar-refractivity contribution in [3.8, 4) is 0 Å². The zero-order chi connectivity index (χ0) is 22.1. The maximum atomic E-state index is 10.2. The molecule has 30 heavy (non-hydrogen) atoms. The van der Waals surface area contributed by atoms with Crippen LogP contribution in [-0.2, 0) is 0 Å². The van der Waals surface area contributed by atoms with E-state index in [1.54, 1.807) is 5.57 Å². The summed E-state index contributed by atoms with van der Waals surface area (Å²) in [6, 6.07) is 0. The molecule has 0 heterocycles. The van der Waals surface area contributed by atoms with Crippen LogP contribution in [0, 0.1) is 29.1 Å². The van der Waals surface area contributed by atoms with Gasteiger partial charge in [0, 0.05) is 5.92 Å². The first-order chi connectivity index (χ1) is 14.0. The maximum absolute atomic E-state index is 10.2. The van der Waals surface area contributed by atoms with Crippen LogP contribution in [0.1, 0.15) is 86.0 Å². The molecule has 0 aromatic carbocycles. The Morgan fingerprint density at radius 1 is 1.03 bits per heavy atom. The number of hydrogen-bond donors (Lipinski definition) is 3. The third-order valence-corrected chi connectivity index (χ3v) is 8.56. The molecule has 0 aliphatic heterocycles. The molecule has 0 aromatic heterocycles. The highest BCUT2D eigenvalue weighted by Crippen LogP contribution is 2.59. The summed E-state index contributed by atoms with van der Waals surface area (Å²) in [6.07, 6.45) is 16.5. The highest BCUT2D eigenvalue weighted by molar-refractivity contribution is 5.26. The summed E-state index contributed by atoms with van der Waals surface area (Å²) in [5.41, 5.74) is 2.43. The van der Waals surface area contributed by atoms with Gasteiger partial charge in [-0.1, -0.05) is 56.2 Å². The molecule has 0 aromatic rings. The Morgan fingerprint density at radius 2 is 1.70 bits per heavy atom. The molecule has 3 N–H and O–H groups in total. The van der Waals surface area contributed by atoms with Crippen LogP contribution in [0.15, 0.2) is 35.5 Å². The summed E-state index contributed by atoms with van der Waals surface area (Å²) in [7, 11) is 0. The van der Waals surface area contributed by atoms with Gasteiger partial charge >= 0.3 is 0 Å². The Morgan fingerprint density at radius 3 is 2.33 bits per heavy atom. The van der Waals surface area contributed by atoms with Crippen molar-refractivity contribution in [1.82, 2.24) is 0 Å². The Kier molecular flexibility index (Phi) is 7.37. The molecule has 3 fully saturated rings. The van der Waals surface area contributed by atoms with Gasteiger partial charge in [-0.15, -0.1) is 0 Å². The predicted octanol–water partition coefficient (Wildman–Crippen LogP) is 5.56. The molecule has 0 bridgehead atoms. The molecule has 3 rings (SSSR count). The molecule has 3 nitrogen and oxygen atoms in total. The Balaban J connectivity index is 1.73. The van der Waals surface area contributed by atoms with Gasteiger partial charge in [-0.05, 0) is 88.4 Å². The Labute approximate surface area is 184 Å². The summed E-state index contributed by atoms with van der Waals surface area (Å²) < 4.78 is 0. The molecule has 3 aliphatic carbocycles. The van der Waals surface area contributed by atoms with Crippen molar-refractivity contribution in [3.63, 3.8) is 0 Å². The van der Waals surface area contributed by atoms with E-state index in [4.69, 9.17) is 0 Å². The van der Waals surface area contributed by atoms with Crippen LogP contribution in [0.25, 0.3) is 0 Å². The number of hydrogen-bond acceptors (Lipinski definition) is 3. The lowest BCUT2D eigenvalue weighted by Gasteiger charge is -2.44. The molecule has 7 atom stereocenters. The molecular formula is C27H44O3. The fraction of sp³-hybridized carbons (Fsp3) is 0.778. The minimum atomic E-state index is -0.674. The van der Waals surface area contributed by atoms with Gasteiger partial charge in [0.15, 0.2) is 0 Å². The van der Waals surface area contributed by atoms with E-state index in [1.165, 1.54) is 37.7 Å². The van der Waals surface area contributed by atoms with Crippen molar-refractivity contribution in [3.05, 3.63) is 35.5 Å². The van der Waals surface area contributed by atoms with Gasteiger partial charge in [-0.25, -0.2) is 0 Å². The first-order valence-electron chi connectivity index (χ1n) is 12.2. The minimum Gasteiger partial charge on any atom is -0.393 e. The standard InChI is InChI=1S/C27H44O3/c1-18(8-9-19(2)26(3,4)30)24-12-13-25-21(7-6-14-27(24,25)5)11-10-20-15-22(28)17-23(29)16-20/h8-11,18-19,22-25,28-30H,6-7,12-17H2,1-5H3/b9-8+,20-10?,21-11+/t18-,19+,22-,23?,24-,25+,27-/m1/s1. The van der Waals surface area contributed by atoms with Gasteiger partial charge in [0.1, 0.15) is 0 Å². The van der Waals surface area contributed by atoms with E-state index >= 15 is 0 Å². The van der Waals surface area contributed by atoms with Gasteiger partial charge in [-0.3, -0.25) is 0 Å². The lowest BCUT2D eigenvalue weighted by molar-refractivity contribution is 0.0436. The van der Waals surface area contributed by atoms with E-state index in [2.05, 4.69) is 45.1 Å². The first-order valence-corrected chi connectivity index (χ1v) is 12.2. The van der Waals surface area contributed by atoms with E-state index in [-0.39, 0.29) is 5.92 Å². The second-order valence-corrected chi connectivity index (χ2v) is 11.3. The summed E-state index contributed by atoms with van der Waals surface area (Å²) in [4.78, 5) is 0. The fourth-order valence-electron chi connectivity index (χ4n) is 6.39. The van der Waals surface area contributed by atoms with Crippen LogP contribution in [0.4, 0.5) is 0 Å². The number of fused-ring (bicyclic) bond motifs is 1. The van der Waals surface area contributed by atoms with Crippen LogP contribution in [0.5, 0.6) is 0 Å². The average Bonchev–Trinajstić information content (AvgIpc) is 3.00. The topological polar surface area (TPSA) is 60.7 Å². The summed E-state index contributed by atoms with van der Waals surface area (Å²) >= 11 is 0. The zero-order valence-corrected chi connectivity index (χ0v) is 19.8. The van der Waals surface area contributed by atoms with Gasteiger partial charge < -0.3 is 15.3 Å². The molecule has 3 heteroatoms. The van der Waals surface area contributed by atoms with Crippen molar-refractivity contribution >= 4 is 0 Å². The minimum absolute atomic E-state index is 0.152. The average molecular weight is 417 g/mol. The van der Waals surface area contributed by atoms with Gasteiger partial charge in [0.2, 0.25) is 0 Å². The van der Waals surface area contributed by atoms with E-state index in [1.807, 2.05) is 13.8 Å². The Bertz CT molecular complexity index is 671. The molecule has 170 valence electrons. The Hall–Kier alpha value is -0.900. The second-order valence-electron chi connectivity index (χ2n) is 11.3. The predicted molar refractivity (Wildman–Crippen MR) is 124 cm³/mol. The van der Waals surface area contributed by atoms with Crippen molar-refractivity contribution in [2.75, 3.05) is 0 Å². The molecule has 1 unspecified atom stereocenters. The lowest BCUT2D eigenvalue weighted by Crippen LogP contribution is -2.35. The van der Waals surface area contributed by atoms with Crippen molar-refractivity contribution in [2.24, 2.45) is 29.1 Å². The summed E-state index contributed by atoms with van der Waals surface area (Å²) in [5.74, 6) is 2.00. The molecule has 3 saturated carbocycles. The van der Waals surface area contributed by atoms with E-state index in [9.17, 15) is 15.3 Å². The molecule has 0 saturated heterocycles. The van der Waals surface area contributed by atoms with Gasteiger partial charge in [0.25, 0.3) is 0 Å². The van der Waals surface area contributed by atoms with E-state index < -0.39 is 17.8 Å². The number of aliphatic hydroxyl groups excluding tert-OH is 2. The normalized spacial score (nSPS) is 40.1. The number of allylic oxidation sites excluding steroid dienone is 4. The zero-order valence-electron chi connectivity index (χ0n) is 19.8. The van der Waals surface area contributed by atoms with Crippen LogP contribution < -0.4 is 0 Å². The third kappa shape index (κ3) is 5.29. The fourth-order valence-corrected chi connectivity index (χ4v) is 6.39. The lowest BCUT2D eigenvalue weighted by atomic mass is 9.61. The van der Waals surface area contributed by atoms with Crippen molar-refractivity contribution in [2.45, 2.75) is 104 Å². The molecule has 0 radical (unpaired) electrons. The largest absolute Gasteiger partial charge is 0.393 e. The van der Waals surface area contributed by atoms with Crippen molar-refractivity contribution in [1.29, 1.82) is 0 Å². The molecule has 0 amide bonds. The van der Waals surface area contributed by atoms with Gasteiger partial charge in [-0.2, -0.15) is 0 Å². The van der Waals surface area contributed by atoms with E-state index in [0.717, 1.165) is 0 Å². The summed E-state index contributed by atoms with van der Waals surface area (Å²) in [5, 5.41) is 30.2. The van der Waals surface area contributed by atoms with Crippen LogP contribution in [-0.4, -0.2) is 33.1 Å². The first kappa shape index (κ1) is 23.8. The highest BCUT2D eigenvalue weighted by Gasteiger charge is 2.50.